The van der Waals surface area contributed by atoms with E-state index in [1.165, 1.54) is 0 Å². The molecule has 0 saturated heterocycles. The summed E-state index contributed by atoms with van der Waals surface area (Å²) in [6, 6.07) is 9.57. The average Bonchev–Trinajstić information content (AvgIpc) is 2.74. The maximum atomic E-state index is 11.0. The number of hydrogen-bond acceptors (Lipinski definition) is 3. The van der Waals surface area contributed by atoms with E-state index in [0.29, 0.717) is 17.3 Å². The highest BCUT2D eigenvalue weighted by Crippen LogP contribution is 2.29. The summed E-state index contributed by atoms with van der Waals surface area (Å²) >= 11 is 0. The van der Waals surface area contributed by atoms with Gasteiger partial charge in [0.25, 0.3) is 0 Å². The molecule has 0 bridgehead atoms. The van der Waals surface area contributed by atoms with E-state index in [9.17, 15) is 4.79 Å². The first-order valence-corrected chi connectivity index (χ1v) is 5.54. The molecule has 2 rings (SSSR count). The molecule has 0 spiro atoms. The fourth-order valence-corrected chi connectivity index (χ4v) is 1.65. The Morgan fingerprint density at radius 2 is 1.82 bits per heavy atom. The molecule has 3 heteroatoms. The number of benzene rings is 1. The monoisotopic (exact) mass is 229 g/mol. The van der Waals surface area contributed by atoms with Gasteiger partial charge in [-0.1, -0.05) is 39.0 Å². The van der Waals surface area contributed by atoms with E-state index in [2.05, 4.69) is 4.98 Å². The van der Waals surface area contributed by atoms with Crippen LogP contribution in [0.5, 0.6) is 0 Å². The number of aromatic nitrogens is 1. The summed E-state index contributed by atoms with van der Waals surface area (Å²) < 4.78 is 5.71. The second-order valence-corrected chi connectivity index (χ2v) is 4.97. The third-order valence-electron chi connectivity index (χ3n) is 2.47. The maximum Gasteiger partial charge on any atom is 0.226 e. The molecule has 2 aromatic rings. The first kappa shape index (κ1) is 11.6. The lowest BCUT2D eigenvalue weighted by Gasteiger charge is -2.14. The minimum atomic E-state index is -0.226. The number of carbonyl (C=O) groups is 1. The van der Waals surface area contributed by atoms with Gasteiger partial charge in [-0.15, -0.1) is 0 Å². The molecule has 0 fully saturated rings. The number of carbonyl (C=O) groups excluding carboxylic acids is 1. The lowest BCUT2D eigenvalue weighted by Crippen LogP contribution is -2.12. The molecule has 3 nitrogen and oxygen atoms in total. The fourth-order valence-electron chi connectivity index (χ4n) is 1.65. The Morgan fingerprint density at radius 1 is 1.18 bits per heavy atom. The number of hydrogen-bond donors (Lipinski definition) is 0. The van der Waals surface area contributed by atoms with E-state index in [-0.39, 0.29) is 5.41 Å². The van der Waals surface area contributed by atoms with Crippen LogP contribution < -0.4 is 0 Å². The first-order valence-electron chi connectivity index (χ1n) is 5.54. The van der Waals surface area contributed by atoms with Gasteiger partial charge in [0, 0.05) is 11.0 Å². The Kier molecular flexibility index (Phi) is 2.84. The largest absolute Gasteiger partial charge is 0.440 e. The van der Waals surface area contributed by atoms with Crippen molar-refractivity contribution in [1.82, 2.24) is 4.98 Å². The van der Waals surface area contributed by atoms with Crippen molar-refractivity contribution < 1.29 is 9.21 Å². The average molecular weight is 229 g/mol. The minimum Gasteiger partial charge on any atom is -0.440 e. The van der Waals surface area contributed by atoms with E-state index < -0.39 is 0 Å². The summed E-state index contributed by atoms with van der Waals surface area (Å²) in [6.07, 6.45) is 0.747. The van der Waals surface area contributed by atoms with Crippen LogP contribution in [0.25, 0.3) is 11.5 Å². The van der Waals surface area contributed by atoms with Crippen LogP contribution in [0.3, 0.4) is 0 Å². The second-order valence-electron chi connectivity index (χ2n) is 4.97. The summed E-state index contributed by atoms with van der Waals surface area (Å²) in [5, 5.41) is 0. The Labute approximate surface area is 100 Å². The molecule has 0 aliphatic carbocycles. The number of nitrogens with zero attached hydrogens (tertiary/aromatic N) is 1. The highest BCUT2D eigenvalue weighted by Gasteiger charge is 2.25. The van der Waals surface area contributed by atoms with Crippen LogP contribution in [0.1, 0.15) is 37.0 Å². The van der Waals surface area contributed by atoms with Gasteiger partial charge in [0.15, 0.2) is 6.29 Å². The van der Waals surface area contributed by atoms with Crippen molar-refractivity contribution in [2.45, 2.75) is 26.2 Å². The standard InChI is InChI=1S/C14H15NO2/c1-14(2,3)12-11(9-16)15-13(17-12)10-7-5-4-6-8-10/h4-9H,1-3H3. The fraction of sp³-hybridized carbons (Fsp3) is 0.286. The van der Waals surface area contributed by atoms with Crippen molar-refractivity contribution in [2.75, 3.05) is 0 Å². The van der Waals surface area contributed by atoms with Crippen LogP contribution in [0, 0.1) is 0 Å². The summed E-state index contributed by atoms with van der Waals surface area (Å²) in [5.41, 5.74) is 1.04. The Balaban J connectivity index is 2.53. The van der Waals surface area contributed by atoms with Gasteiger partial charge in [-0.05, 0) is 12.1 Å². The molecule has 0 unspecified atom stereocenters. The van der Waals surface area contributed by atoms with E-state index >= 15 is 0 Å². The van der Waals surface area contributed by atoms with E-state index in [0.717, 1.165) is 11.8 Å². The molecule has 0 amide bonds. The highest BCUT2D eigenvalue weighted by atomic mass is 16.4. The molecule has 0 aliphatic heterocycles. The van der Waals surface area contributed by atoms with Crippen LogP contribution in [0.15, 0.2) is 34.7 Å². The smallest absolute Gasteiger partial charge is 0.226 e. The van der Waals surface area contributed by atoms with E-state index in [1.54, 1.807) is 0 Å². The minimum absolute atomic E-state index is 0.226. The quantitative estimate of drug-likeness (QED) is 0.741. The van der Waals surface area contributed by atoms with Crippen LogP contribution in [0.2, 0.25) is 0 Å². The molecule has 0 atom stereocenters. The van der Waals surface area contributed by atoms with E-state index in [4.69, 9.17) is 4.42 Å². The number of oxazole rings is 1. The van der Waals surface area contributed by atoms with Gasteiger partial charge in [-0.3, -0.25) is 4.79 Å². The molecule has 17 heavy (non-hydrogen) atoms. The summed E-state index contributed by atoms with van der Waals surface area (Å²) in [4.78, 5) is 15.2. The van der Waals surface area contributed by atoms with Crippen LogP contribution in [0.4, 0.5) is 0 Å². The zero-order valence-corrected chi connectivity index (χ0v) is 10.2. The second kappa shape index (κ2) is 4.17. The van der Waals surface area contributed by atoms with Crippen LogP contribution >= 0.6 is 0 Å². The molecule has 1 aromatic carbocycles. The Bertz CT molecular complexity index is 521. The van der Waals surface area contributed by atoms with Gasteiger partial charge in [0.1, 0.15) is 11.5 Å². The normalized spacial score (nSPS) is 11.5. The molecule has 1 aromatic heterocycles. The SMILES string of the molecule is CC(C)(C)c1oc(-c2ccccc2)nc1C=O. The van der Waals surface area contributed by atoms with Crippen LogP contribution in [-0.4, -0.2) is 11.3 Å². The molecule has 0 aliphatic rings. The molecule has 0 saturated carbocycles. The third kappa shape index (κ3) is 2.28. The van der Waals surface area contributed by atoms with Crippen molar-refractivity contribution in [3.8, 4) is 11.5 Å². The first-order chi connectivity index (χ1) is 8.02. The predicted molar refractivity (Wildman–Crippen MR) is 66.0 cm³/mol. The zero-order chi connectivity index (χ0) is 12.5. The molecule has 1 heterocycles. The van der Waals surface area contributed by atoms with Gasteiger partial charge < -0.3 is 4.42 Å². The molecule has 0 N–H and O–H groups in total. The van der Waals surface area contributed by atoms with Gasteiger partial charge in [0.05, 0.1) is 0 Å². The van der Waals surface area contributed by atoms with Gasteiger partial charge in [-0.25, -0.2) is 4.98 Å². The number of rotatable bonds is 2. The van der Waals surface area contributed by atoms with Gasteiger partial charge in [-0.2, -0.15) is 0 Å². The third-order valence-corrected chi connectivity index (χ3v) is 2.47. The van der Waals surface area contributed by atoms with E-state index in [1.807, 2.05) is 51.1 Å². The Hall–Kier alpha value is -1.90. The lowest BCUT2D eigenvalue weighted by atomic mass is 9.92. The van der Waals surface area contributed by atoms with Crippen LogP contribution in [-0.2, 0) is 5.41 Å². The molecule has 0 radical (unpaired) electrons. The zero-order valence-electron chi connectivity index (χ0n) is 10.2. The summed E-state index contributed by atoms with van der Waals surface area (Å²) in [7, 11) is 0. The summed E-state index contributed by atoms with van der Waals surface area (Å²) in [6.45, 7) is 5.99. The lowest BCUT2D eigenvalue weighted by molar-refractivity contribution is 0.111. The van der Waals surface area contributed by atoms with Gasteiger partial charge >= 0.3 is 0 Å². The Morgan fingerprint density at radius 3 is 2.29 bits per heavy atom. The van der Waals surface area contributed by atoms with Crippen molar-refractivity contribution in [1.29, 1.82) is 0 Å². The summed E-state index contributed by atoms with van der Waals surface area (Å²) in [5.74, 6) is 1.13. The maximum absolute atomic E-state index is 11.0. The number of aldehydes is 1. The van der Waals surface area contributed by atoms with Gasteiger partial charge in [0.2, 0.25) is 5.89 Å². The predicted octanol–water partition coefficient (Wildman–Crippen LogP) is 3.45. The molecular formula is C14H15NO2. The van der Waals surface area contributed by atoms with Crippen molar-refractivity contribution >= 4 is 6.29 Å². The highest BCUT2D eigenvalue weighted by molar-refractivity contribution is 5.75. The van der Waals surface area contributed by atoms with Crippen molar-refractivity contribution in [3.05, 3.63) is 41.8 Å². The molecule has 88 valence electrons. The topological polar surface area (TPSA) is 43.1 Å². The molecular weight excluding hydrogens is 214 g/mol. The van der Waals surface area contributed by atoms with Crippen molar-refractivity contribution in [2.24, 2.45) is 0 Å². The van der Waals surface area contributed by atoms with Crippen molar-refractivity contribution in [3.63, 3.8) is 0 Å².